The fourth-order valence-electron chi connectivity index (χ4n) is 4.88. The molecule has 0 heterocycles. The molecule has 0 spiro atoms. The molecule has 8 heteroatoms. The van der Waals surface area contributed by atoms with Gasteiger partial charge < -0.3 is 14.2 Å². The van der Waals surface area contributed by atoms with Gasteiger partial charge in [-0.2, -0.15) is 0 Å². The second-order valence-corrected chi connectivity index (χ2v) is 10.1. The fourth-order valence-corrected chi connectivity index (χ4v) is 4.88. The smallest absolute Gasteiger partial charge is 0.285 e. The van der Waals surface area contributed by atoms with Gasteiger partial charge in [-0.3, -0.25) is 0 Å². The van der Waals surface area contributed by atoms with E-state index in [9.17, 15) is 22.0 Å². The van der Waals surface area contributed by atoms with Crippen LogP contribution < -0.4 is 0 Å². The number of benzene rings is 1. The van der Waals surface area contributed by atoms with Crippen LogP contribution in [0.5, 0.6) is 0 Å². The van der Waals surface area contributed by atoms with E-state index in [0.29, 0.717) is 12.8 Å². The molecule has 1 rings (SSSR count). The maximum Gasteiger partial charge on any atom is 0.285 e. The molecule has 0 fully saturated rings. The van der Waals surface area contributed by atoms with Gasteiger partial charge in [-0.25, -0.2) is 22.0 Å². The maximum absolute atomic E-state index is 13.8. The van der Waals surface area contributed by atoms with Crippen LogP contribution in [0.4, 0.5) is 22.0 Å². The molecule has 0 radical (unpaired) electrons. The van der Waals surface area contributed by atoms with E-state index in [2.05, 4.69) is 6.92 Å². The van der Waals surface area contributed by atoms with Crippen LogP contribution in [0.25, 0.3) is 0 Å². The van der Waals surface area contributed by atoms with Crippen LogP contribution in [-0.4, -0.2) is 26.3 Å². The van der Waals surface area contributed by atoms with Gasteiger partial charge in [0, 0.05) is 25.7 Å². The van der Waals surface area contributed by atoms with Crippen LogP contribution in [0.2, 0.25) is 0 Å². The zero-order chi connectivity index (χ0) is 27.8. The van der Waals surface area contributed by atoms with Crippen molar-refractivity contribution in [2.45, 2.75) is 129 Å². The van der Waals surface area contributed by atoms with E-state index >= 15 is 0 Å². The Hall–Kier alpha value is -1.25. The van der Waals surface area contributed by atoms with Crippen molar-refractivity contribution in [1.82, 2.24) is 0 Å². The quantitative estimate of drug-likeness (QED) is 0.0513. The minimum Gasteiger partial charge on any atom is -0.331 e. The molecule has 1 unspecified atom stereocenters. The Balaban J connectivity index is 2.51. The average molecular weight is 539 g/mol. The summed E-state index contributed by atoms with van der Waals surface area (Å²) in [6.07, 6.45) is 13.5. The highest BCUT2D eigenvalue weighted by Crippen LogP contribution is 2.34. The summed E-state index contributed by atoms with van der Waals surface area (Å²) in [5, 5.41) is 0. The van der Waals surface area contributed by atoms with Gasteiger partial charge in [0.2, 0.25) is 5.82 Å². The molecule has 0 bridgehead atoms. The van der Waals surface area contributed by atoms with Crippen LogP contribution >= 0.6 is 0 Å². The molecule has 3 nitrogen and oxygen atoms in total. The van der Waals surface area contributed by atoms with Crippen LogP contribution in [0.15, 0.2) is 0 Å². The molecule has 37 heavy (non-hydrogen) atoms. The number of ether oxygens (including phenoxy) is 3. The summed E-state index contributed by atoms with van der Waals surface area (Å²) < 4.78 is 85.1. The Morgan fingerprint density at radius 1 is 0.595 bits per heavy atom. The van der Waals surface area contributed by atoms with Crippen molar-refractivity contribution in [2.75, 3.05) is 14.2 Å². The predicted octanol–water partition coefficient (Wildman–Crippen LogP) is 9.39. The normalized spacial score (nSPS) is 13.1. The topological polar surface area (TPSA) is 27.7 Å². The first-order chi connectivity index (χ1) is 17.6. The van der Waals surface area contributed by atoms with Crippen molar-refractivity contribution in [3.8, 4) is 0 Å². The van der Waals surface area contributed by atoms with Crippen molar-refractivity contribution in [2.24, 2.45) is 5.92 Å². The zero-order valence-corrected chi connectivity index (χ0v) is 23.4. The van der Waals surface area contributed by atoms with Gasteiger partial charge in [0.15, 0.2) is 23.3 Å². The van der Waals surface area contributed by atoms with E-state index in [-0.39, 0.29) is 18.4 Å². The first-order valence-electron chi connectivity index (χ1n) is 13.9. The minimum absolute atomic E-state index is 0.0512. The van der Waals surface area contributed by atoms with E-state index in [1.54, 1.807) is 14.2 Å². The minimum atomic E-state index is -2.11. The molecule has 0 saturated heterocycles. The summed E-state index contributed by atoms with van der Waals surface area (Å²) in [5.74, 6) is -10.3. The molecule has 0 aliphatic heterocycles. The Bertz CT molecular complexity index is 739. The standard InChI is InChI=1S/C29H47F5O3/c1-6-7-8-9-12-15-18-22(29(35-4,36-5)37-21(2)3)19-16-13-10-11-14-17-20-23-24(30)26(32)28(34)27(33)25(23)31/h21-22H,6-20H2,1-5H3. The molecule has 216 valence electrons. The molecule has 1 atom stereocenters. The first-order valence-corrected chi connectivity index (χ1v) is 13.9. The lowest BCUT2D eigenvalue weighted by Crippen LogP contribution is -2.46. The lowest BCUT2D eigenvalue weighted by atomic mass is 9.91. The van der Waals surface area contributed by atoms with Crippen molar-refractivity contribution >= 4 is 0 Å². The lowest BCUT2D eigenvalue weighted by Gasteiger charge is -2.39. The molecule has 1 aromatic rings. The molecule has 0 aromatic heterocycles. The van der Waals surface area contributed by atoms with Gasteiger partial charge in [-0.15, -0.1) is 0 Å². The van der Waals surface area contributed by atoms with Crippen LogP contribution in [-0.2, 0) is 20.6 Å². The van der Waals surface area contributed by atoms with E-state index < -0.39 is 40.6 Å². The zero-order valence-electron chi connectivity index (χ0n) is 23.4. The van der Waals surface area contributed by atoms with Crippen molar-refractivity contribution in [1.29, 1.82) is 0 Å². The van der Waals surface area contributed by atoms with Crippen LogP contribution in [0.1, 0.15) is 116 Å². The van der Waals surface area contributed by atoms with Gasteiger partial charge in [-0.05, 0) is 39.5 Å². The number of rotatable bonds is 21. The third-order valence-electron chi connectivity index (χ3n) is 6.91. The maximum atomic E-state index is 13.8. The lowest BCUT2D eigenvalue weighted by molar-refractivity contribution is -0.399. The average Bonchev–Trinajstić information content (AvgIpc) is 2.88. The Labute approximate surface area is 220 Å². The molecule has 0 amide bonds. The van der Waals surface area contributed by atoms with E-state index in [0.717, 1.165) is 44.9 Å². The summed E-state index contributed by atoms with van der Waals surface area (Å²) in [6.45, 7) is 6.13. The molecule has 0 N–H and O–H groups in total. The van der Waals surface area contributed by atoms with Gasteiger partial charge in [-0.1, -0.05) is 77.6 Å². The second-order valence-electron chi connectivity index (χ2n) is 10.1. The SMILES string of the molecule is CCCCCCCCC(CCCCCCCCc1c(F)c(F)c(F)c(F)c1F)C(OC)(OC)OC(C)C. The number of hydrogen-bond acceptors (Lipinski definition) is 3. The fraction of sp³-hybridized carbons (Fsp3) is 0.793. The predicted molar refractivity (Wildman–Crippen MR) is 137 cm³/mol. The summed E-state index contributed by atoms with van der Waals surface area (Å²) in [6, 6.07) is 0. The van der Waals surface area contributed by atoms with Gasteiger partial charge in [0.05, 0.1) is 6.10 Å². The molecule has 0 aliphatic rings. The van der Waals surface area contributed by atoms with Crippen molar-refractivity contribution < 1.29 is 36.2 Å². The highest BCUT2D eigenvalue weighted by molar-refractivity contribution is 5.24. The largest absolute Gasteiger partial charge is 0.331 e. The van der Waals surface area contributed by atoms with Crippen molar-refractivity contribution in [3.63, 3.8) is 0 Å². The van der Waals surface area contributed by atoms with Crippen molar-refractivity contribution in [3.05, 3.63) is 34.6 Å². The molecule has 0 aliphatic carbocycles. The summed E-state index contributed by atoms with van der Waals surface area (Å²) in [7, 11) is 3.23. The third-order valence-corrected chi connectivity index (χ3v) is 6.91. The van der Waals surface area contributed by atoms with Crippen LogP contribution in [0.3, 0.4) is 0 Å². The number of hydrogen-bond donors (Lipinski definition) is 0. The number of halogens is 5. The number of unbranched alkanes of at least 4 members (excludes halogenated alkanes) is 10. The Kier molecular flexibility index (Phi) is 16.5. The highest BCUT2D eigenvalue weighted by atomic mass is 19.2. The van der Waals surface area contributed by atoms with Gasteiger partial charge >= 0.3 is 0 Å². The number of methoxy groups -OCH3 is 2. The Morgan fingerprint density at radius 2 is 1.00 bits per heavy atom. The third kappa shape index (κ3) is 10.8. The highest BCUT2D eigenvalue weighted by Gasteiger charge is 2.41. The summed E-state index contributed by atoms with van der Waals surface area (Å²) >= 11 is 0. The molecule has 1 aromatic carbocycles. The van der Waals surface area contributed by atoms with E-state index in [4.69, 9.17) is 14.2 Å². The Morgan fingerprint density at radius 3 is 1.43 bits per heavy atom. The van der Waals surface area contributed by atoms with E-state index in [1.807, 2.05) is 13.8 Å². The molecule has 0 saturated carbocycles. The second kappa shape index (κ2) is 18.1. The monoisotopic (exact) mass is 538 g/mol. The van der Waals surface area contributed by atoms with Gasteiger partial charge in [0.25, 0.3) is 5.97 Å². The first kappa shape index (κ1) is 33.8. The molecular weight excluding hydrogens is 491 g/mol. The van der Waals surface area contributed by atoms with Gasteiger partial charge in [0.1, 0.15) is 0 Å². The van der Waals surface area contributed by atoms with E-state index in [1.165, 1.54) is 32.1 Å². The summed E-state index contributed by atoms with van der Waals surface area (Å²) in [5.41, 5.74) is -0.727. The molecular formula is C29H47F5O3. The summed E-state index contributed by atoms with van der Waals surface area (Å²) in [4.78, 5) is 0. The van der Waals surface area contributed by atoms with Crippen LogP contribution in [0, 0.1) is 35.0 Å².